The Labute approximate surface area is 113 Å². The maximum Gasteiger partial charge on any atom is 0.250 e. The fourth-order valence-corrected chi connectivity index (χ4v) is 4.34. The Hall–Kier alpha value is -0.430. The molecule has 1 aromatic rings. The molecule has 1 aliphatic carbocycles. The topological polar surface area (TPSA) is 72.2 Å². The highest BCUT2D eigenvalue weighted by Crippen LogP contribution is 2.33. The molecule has 6 heteroatoms. The number of hydrogen-bond acceptors (Lipinski definition) is 4. The van der Waals surface area contributed by atoms with E-state index in [1.165, 1.54) is 24.2 Å². The van der Waals surface area contributed by atoms with Crippen molar-refractivity contribution in [2.24, 2.45) is 11.7 Å². The van der Waals surface area contributed by atoms with Crippen LogP contribution in [0.15, 0.2) is 16.3 Å². The van der Waals surface area contributed by atoms with Gasteiger partial charge in [-0.3, -0.25) is 0 Å². The van der Waals surface area contributed by atoms with Gasteiger partial charge in [0.05, 0.1) is 0 Å². The Morgan fingerprint density at radius 2 is 2.17 bits per heavy atom. The number of rotatable bonds is 8. The second kappa shape index (κ2) is 6.14. The molecule has 4 nitrogen and oxygen atoms in total. The lowest BCUT2D eigenvalue weighted by Crippen LogP contribution is -2.24. The summed E-state index contributed by atoms with van der Waals surface area (Å²) in [4.78, 5) is 1.02. The quantitative estimate of drug-likeness (QED) is 0.715. The Kier molecular flexibility index (Phi) is 4.77. The summed E-state index contributed by atoms with van der Waals surface area (Å²) < 4.78 is 27.0. The van der Waals surface area contributed by atoms with E-state index in [-0.39, 0.29) is 0 Å². The zero-order valence-corrected chi connectivity index (χ0v) is 12.0. The lowest BCUT2D eigenvalue weighted by Gasteiger charge is -2.04. The molecule has 1 saturated carbocycles. The van der Waals surface area contributed by atoms with Gasteiger partial charge in [0.25, 0.3) is 0 Å². The third-order valence-corrected chi connectivity index (χ3v) is 6.17. The highest BCUT2D eigenvalue weighted by Gasteiger charge is 2.21. The van der Waals surface area contributed by atoms with Gasteiger partial charge in [0.1, 0.15) is 4.21 Å². The first-order valence-corrected chi connectivity index (χ1v) is 8.70. The zero-order valence-electron chi connectivity index (χ0n) is 10.4. The van der Waals surface area contributed by atoms with E-state index in [9.17, 15) is 8.42 Å². The van der Waals surface area contributed by atoms with Crippen molar-refractivity contribution < 1.29 is 8.42 Å². The van der Waals surface area contributed by atoms with Crippen LogP contribution in [0.25, 0.3) is 0 Å². The number of nitrogens with one attached hydrogen (secondary N) is 1. The van der Waals surface area contributed by atoms with E-state index < -0.39 is 10.0 Å². The molecule has 3 N–H and O–H groups in total. The molecule has 0 unspecified atom stereocenters. The maximum atomic E-state index is 12.0. The van der Waals surface area contributed by atoms with Gasteiger partial charge in [-0.15, -0.1) is 11.3 Å². The SMILES string of the molecule is NCCc1ccc(S(=O)(=O)NCCCC2CC2)s1. The summed E-state index contributed by atoms with van der Waals surface area (Å²) in [6.45, 7) is 1.10. The van der Waals surface area contributed by atoms with Gasteiger partial charge in [0.15, 0.2) is 0 Å². The van der Waals surface area contributed by atoms with Gasteiger partial charge in [-0.2, -0.15) is 0 Å². The fourth-order valence-electron chi connectivity index (χ4n) is 1.85. The van der Waals surface area contributed by atoms with Crippen molar-refractivity contribution in [3.63, 3.8) is 0 Å². The second-order valence-electron chi connectivity index (χ2n) is 4.74. The summed E-state index contributed by atoms with van der Waals surface area (Å²) >= 11 is 1.31. The van der Waals surface area contributed by atoms with Gasteiger partial charge in [-0.25, -0.2) is 13.1 Å². The van der Waals surface area contributed by atoms with Crippen LogP contribution in [0.1, 0.15) is 30.6 Å². The summed E-state index contributed by atoms with van der Waals surface area (Å²) in [6, 6.07) is 3.51. The Balaban J connectivity index is 1.83. The van der Waals surface area contributed by atoms with E-state index in [1.54, 1.807) is 6.07 Å². The fraction of sp³-hybridized carbons (Fsp3) is 0.667. The normalized spacial score (nSPS) is 16.1. The third kappa shape index (κ3) is 4.05. The van der Waals surface area contributed by atoms with Crippen LogP contribution < -0.4 is 10.5 Å². The monoisotopic (exact) mass is 288 g/mol. The molecule has 0 bridgehead atoms. The van der Waals surface area contributed by atoms with Crippen LogP contribution in [-0.4, -0.2) is 21.5 Å². The van der Waals surface area contributed by atoms with Crippen LogP contribution in [0.3, 0.4) is 0 Å². The molecular formula is C12H20N2O2S2. The first kappa shape index (κ1) is 14.0. The first-order valence-electron chi connectivity index (χ1n) is 6.40. The van der Waals surface area contributed by atoms with Crippen molar-refractivity contribution in [3.8, 4) is 0 Å². The molecule has 0 spiro atoms. The van der Waals surface area contributed by atoms with Crippen LogP contribution in [0.5, 0.6) is 0 Å². The Bertz CT molecular complexity index is 478. The summed E-state index contributed by atoms with van der Waals surface area (Å²) in [6.07, 6.45) is 5.46. The predicted octanol–water partition coefficient (Wildman–Crippen LogP) is 1.72. The molecule has 2 rings (SSSR count). The smallest absolute Gasteiger partial charge is 0.250 e. The lowest BCUT2D eigenvalue weighted by atomic mass is 10.2. The van der Waals surface area contributed by atoms with Crippen LogP contribution in [0, 0.1) is 5.92 Å². The molecule has 1 aromatic heterocycles. The maximum absolute atomic E-state index is 12.0. The predicted molar refractivity (Wildman–Crippen MR) is 74.2 cm³/mol. The van der Waals surface area contributed by atoms with E-state index in [1.807, 2.05) is 6.07 Å². The molecule has 0 radical (unpaired) electrons. The van der Waals surface area contributed by atoms with E-state index in [2.05, 4.69) is 4.72 Å². The van der Waals surface area contributed by atoms with Crippen molar-refractivity contribution >= 4 is 21.4 Å². The molecular weight excluding hydrogens is 268 g/mol. The molecule has 1 aliphatic rings. The number of hydrogen-bond donors (Lipinski definition) is 2. The first-order chi connectivity index (χ1) is 8.62. The minimum Gasteiger partial charge on any atom is -0.330 e. The standard InChI is InChI=1S/C12H20N2O2S2/c13-8-7-11-5-6-12(17-11)18(15,16)14-9-1-2-10-3-4-10/h5-6,10,14H,1-4,7-9,13H2. The van der Waals surface area contributed by atoms with E-state index in [0.717, 1.165) is 30.1 Å². The van der Waals surface area contributed by atoms with Crippen molar-refractivity contribution in [2.75, 3.05) is 13.1 Å². The Morgan fingerprint density at radius 3 is 2.83 bits per heavy atom. The minimum atomic E-state index is -3.31. The van der Waals surface area contributed by atoms with Gasteiger partial charge in [0, 0.05) is 11.4 Å². The summed E-state index contributed by atoms with van der Waals surface area (Å²) in [7, 11) is -3.31. The number of sulfonamides is 1. The van der Waals surface area contributed by atoms with Gasteiger partial charge < -0.3 is 5.73 Å². The van der Waals surface area contributed by atoms with Crippen LogP contribution in [-0.2, 0) is 16.4 Å². The van der Waals surface area contributed by atoms with Crippen LogP contribution in [0.2, 0.25) is 0 Å². The molecule has 0 aromatic carbocycles. The van der Waals surface area contributed by atoms with Gasteiger partial charge >= 0.3 is 0 Å². The van der Waals surface area contributed by atoms with Crippen LogP contribution in [0.4, 0.5) is 0 Å². The van der Waals surface area contributed by atoms with Gasteiger partial charge in [0.2, 0.25) is 10.0 Å². The van der Waals surface area contributed by atoms with E-state index >= 15 is 0 Å². The third-order valence-electron chi connectivity index (χ3n) is 3.07. The van der Waals surface area contributed by atoms with Crippen LogP contribution >= 0.6 is 11.3 Å². The van der Waals surface area contributed by atoms with Crippen molar-refractivity contribution in [2.45, 2.75) is 36.3 Å². The lowest BCUT2D eigenvalue weighted by molar-refractivity contribution is 0.574. The van der Waals surface area contributed by atoms with Gasteiger partial charge in [-0.05, 0) is 43.9 Å². The molecule has 0 aliphatic heterocycles. The highest BCUT2D eigenvalue weighted by molar-refractivity contribution is 7.91. The van der Waals surface area contributed by atoms with E-state index in [4.69, 9.17) is 5.73 Å². The summed E-state index contributed by atoms with van der Waals surface area (Å²) in [5.74, 6) is 0.854. The molecule has 102 valence electrons. The Morgan fingerprint density at radius 1 is 1.39 bits per heavy atom. The molecule has 1 heterocycles. The molecule has 0 atom stereocenters. The molecule has 1 fully saturated rings. The van der Waals surface area contributed by atoms with Gasteiger partial charge in [-0.1, -0.05) is 12.8 Å². The highest BCUT2D eigenvalue weighted by atomic mass is 32.2. The minimum absolute atomic E-state index is 0.400. The number of thiophene rings is 1. The van der Waals surface area contributed by atoms with Crippen molar-refractivity contribution in [1.29, 1.82) is 0 Å². The average molecular weight is 288 g/mol. The van der Waals surface area contributed by atoms with E-state index in [0.29, 0.717) is 17.3 Å². The van der Waals surface area contributed by atoms with Crippen molar-refractivity contribution in [1.82, 2.24) is 4.72 Å². The average Bonchev–Trinajstić information content (AvgIpc) is 3.03. The summed E-state index contributed by atoms with van der Waals surface area (Å²) in [5.41, 5.74) is 5.45. The molecule has 0 amide bonds. The molecule has 0 saturated heterocycles. The second-order valence-corrected chi connectivity index (χ2v) is 7.90. The largest absolute Gasteiger partial charge is 0.330 e. The summed E-state index contributed by atoms with van der Waals surface area (Å²) in [5, 5.41) is 0. The number of nitrogens with two attached hydrogens (primary N) is 1. The van der Waals surface area contributed by atoms with Crippen molar-refractivity contribution in [3.05, 3.63) is 17.0 Å². The zero-order chi connectivity index (χ0) is 13.0. The molecule has 18 heavy (non-hydrogen) atoms.